The second-order valence-corrected chi connectivity index (χ2v) is 14.7. The lowest BCUT2D eigenvalue weighted by Gasteiger charge is -2.40. The van der Waals surface area contributed by atoms with Crippen LogP contribution in [0.2, 0.25) is 18.1 Å². The zero-order valence-electron chi connectivity index (χ0n) is 20.0. The summed E-state index contributed by atoms with van der Waals surface area (Å²) in [5, 5.41) is 23.4. The molecule has 3 aromatic rings. The lowest BCUT2D eigenvalue weighted by Crippen LogP contribution is -2.48. The van der Waals surface area contributed by atoms with Crippen molar-refractivity contribution in [1.82, 2.24) is 19.5 Å². The molecule has 1 amide bonds. The van der Waals surface area contributed by atoms with Gasteiger partial charge in [-0.3, -0.25) is 9.36 Å². The molecule has 34 heavy (non-hydrogen) atoms. The lowest BCUT2D eigenvalue weighted by atomic mass is 10.1. The molecule has 0 bridgehead atoms. The number of anilines is 1. The Kier molecular flexibility index (Phi) is 6.58. The summed E-state index contributed by atoms with van der Waals surface area (Å²) in [6, 6.07) is 8.80. The number of fused-ring (bicyclic) bond motifs is 1. The Balaban J connectivity index is 1.68. The number of hydrogen-bond acceptors (Lipinski definition) is 8. The van der Waals surface area contributed by atoms with Gasteiger partial charge in [-0.25, -0.2) is 15.0 Å². The van der Waals surface area contributed by atoms with E-state index < -0.39 is 32.9 Å². The van der Waals surface area contributed by atoms with E-state index in [1.165, 1.54) is 12.7 Å². The molecule has 4 rings (SSSR count). The average Bonchev–Trinajstić information content (AvgIpc) is 3.35. The number of aliphatic hydroxyl groups excluding tert-OH is 2. The summed E-state index contributed by atoms with van der Waals surface area (Å²) < 4.78 is 14.2. The fourth-order valence-electron chi connectivity index (χ4n) is 3.64. The van der Waals surface area contributed by atoms with Crippen molar-refractivity contribution in [1.29, 1.82) is 0 Å². The first kappa shape index (κ1) is 24.4. The molecule has 3 heterocycles. The van der Waals surface area contributed by atoms with Gasteiger partial charge in [0.2, 0.25) is 0 Å². The Bertz CT molecular complexity index is 1160. The number of carbonyl (C=O) groups excluding carboxylic acids is 1. The van der Waals surface area contributed by atoms with Gasteiger partial charge in [0.15, 0.2) is 31.5 Å². The number of nitrogens with zero attached hydrogens (tertiary/aromatic N) is 4. The summed E-state index contributed by atoms with van der Waals surface area (Å²) in [7, 11) is -2.29. The molecule has 0 saturated carbocycles. The highest BCUT2D eigenvalue weighted by molar-refractivity contribution is 6.74. The van der Waals surface area contributed by atoms with Crippen LogP contribution in [0.15, 0.2) is 43.0 Å². The van der Waals surface area contributed by atoms with Crippen LogP contribution in [0.4, 0.5) is 5.82 Å². The molecular formula is C23H31N5O5Si. The van der Waals surface area contributed by atoms with Crippen LogP contribution in [0.25, 0.3) is 11.2 Å². The predicted molar refractivity (Wildman–Crippen MR) is 129 cm³/mol. The number of rotatable bonds is 6. The zero-order chi connectivity index (χ0) is 24.7. The topological polar surface area (TPSA) is 132 Å². The molecule has 1 aliphatic heterocycles. The van der Waals surface area contributed by atoms with Crippen molar-refractivity contribution in [2.75, 3.05) is 11.9 Å². The average molecular weight is 486 g/mol. The third-order valence-corrected chi connectivity index (χ3v) is 11.1. The standard InChI is InChI=1S/C23H31N5O5Si/c1-23(2,3)34(4,5)33-18-17(30)15(11-29)32-22(18)28-13-26-16-19(24-12-25-20(16)28)27-21(31)14-9-7-6-8-10-14/h6-10,12-13,15,17-18,22,29-30H,11H2,1-5H3,(H,24,25,27,31)/t15-,17-,18-,22-/m0/s1. The molecular weight excluding hydrogens is 454 g/mol. The zero-order valence-corrected chi connectivity index (χ0v) is 21.0. The van der Waals surface area contributed by atoms with Gasteiger partial charge in [-0.05, 0) is 30.3 Å². The van der Waals surface area contributed by atoms with E-state index in [2.05, 4.69) is 54.1 Å². The van der Waals surface area contributed by atoms with Crippen molar-refractivity contribution in [2.24, 2.45) is 0 Å². The van der Waals surface area contributed by atoms with Crippen LogP contribution < -0.4 is 5.32 Å². The molecule has 10 nitrogen and oxygen atoms in total. The summed E-state index contributed by atoms with van der Waals surface area (Å²) in [5.74, 6) is -0.0566. The smallest absolute Gasteiger partial charge is 0.256 e. The van der Waals surface area contributed by atoms with Crippen molar-refractivity contribution in [3.8, 4) is 0 Å². The summed E-state index contributed by atoms with van der Waals surface area (Å²) in [5.41, 5.74) is 1.28. The van der Waals surface area contributed by atoms with Crippen LogP contribution >= 0.6 is 0 Å². The minimum atomic E-state index is -2.29. The number of imidazole rings is 1. The molecule has 1 fully saturated rings. The highest BCUT2D eigenvalue weighted by atomic mass is 28.4. The van der Waals surface area contributed by atoms with Crippen molar-refractivity contribution in [3.05, 3.63) is 48.5 Å². The first-order valence-corrected chi connectivity index (χ1v) is 14.1. The second kappa shape index (κ2) is 9.15. The largest absolute Gasteiger partial charge is 0.407 e. The van der Waals surface area contributed by atoms with Gasteiger partial charge in [-0.2, -0.15) is 0 Å². The normalized spacial score (nSPS) is 23.4. The number of aromatic nitrogens is 4. The van der Waals surface area contributed by atoms with Gasteiger partial charge in [-0.1, -0.05) is 39.0 Å². The van der Waals surface area contributed by atoms with Crippen molar-refractivity contribution in [3.63, 3.8) is 0 Å². The van der Waals surface area contributed by atoms with Crippen molar-refractivity contribution in [2.45, 2.75) is 63.4 Å². The van der Waals surface area contributed by atoms with E-state index in [1.807, 2.05) is 6.07 Å². The van der Waals surface area contributed by atoms with Crippen LogP contribution in [0.5, 0.6) is 0 Å². The Labute approximate surface area is 199 Å². The van der Waals surface area contributed by atoms with Crippen LogP contribution in [0.3, 0.4) is 0 Å². The van der Waals surface area contributed by atoms with Gasteiger partial charge in [0.1, 0.15) is 24.6 Å². The number of aliphatic hydroxyl groups is 2. The summed E-state index contributed by atoms with van der Waals surface area (Å²) in [6.45, 7) is 10.2. The third kappa shape index (κ3) is 4.49. The number of benzene rings is 1. The van der Waals surface area contributed by atoms with E-state index in [9.17, 15) is 15.0 Å². The fourth-order valence-corrected chi connectivity index (χ4v) is 4.93. The molecule has 0 radical (unpaired) electrons. The maximum absolute atomic E-state index is 12.6. The van der Waals surface area contributed by atoms with Crippen LogP contribution in [-0.4, -0.2) is 68.9 Å². The first-order chi connectivity index (χ1) is 16.0. The van der Waals surface area contributed by atoms with Gasteiger partial charge in [0.25, 0.3) is 5.91 Å². The lowest BCUT2D eigenvalue weighted by molar-refractivity contribution is -0.0497. The summed E-state index contributed by atoms with van der Waals surface area (Å²) in [6.07, 6.45) is -0.472. The number of amides is 1. The van der Waals surface area contributed by atoms with Gasteiger partial charge < -0.3 is 24.7 Å². The first-order valence-electron chi connectivity index (χ1n) is 11.2. The van der Waals surface area contributed by atoms with Crippen LogP contribution in [0, 0.1) is 0 Å². The Morgan fingerprint density at radius 3 is 2.56 bits per heavy atom. The SMILES string of the molecule is CC(C)(C)[Si](C)(C)O[C@H]1[C@@H](O)[C@H](CO)O[C@@H]1n1cnc2c(NC(=O)c3ccccc3)ncnc21. The van der Waals surface area contributed by atoms with E-state index in [1.54, 1.807) is 28.8 Å². The minimum Gasteiger partial charge on any atom is -0.407 e. The monoisotopic (exact) mass is 485 g/mol. The van der Waals surface area contributed by atoms with Crippen LogP contribution in [-0.2, 0) is 9.16 Å². The van der Waals surface area contributed by atoms with E-state index in [-0.39, 0.29) is 23.4 Å². The van der Waals surface area contributed by atoms with Crippen molar-refractivity contribution >= 4 is 31.2 Å². The summed E-state index contributed by atoms with van der Waals surface area (Å²) >= 11 is 0. The number of nitrogens with one attached hydrogen (secondary N) is 1. The van der Waals surface area contributed by atoms with E-state index >= 15 is 0 Å². The molecule has 0 spiro atoms. The maximum Gasteiger partial charge on any atom is 0.256 e. The minimum absolute atomic E-state index is 0.0946. The van der Waals surface area contributed by atoms with Gasteiger partial charge in [0, 0.05) is 5.56 Å². The maximum atomic E-state index is 12.6. The molecule has 0 unspecified atom stereocenters. The molecule has 2 aromatic heterocycles. The number of hydrogen-bond donors (Lipinski definition) is 3. The highest BCUT2D eigenvalue weighted by Gasteiger charge is 2.50. The Morgan fingerprint density at radius 1 is 1.21 bits per heavy atom. The van der Waals surface area contributed by atoms with E-state index in [0.717, 1.165) is 0 Å². The quantitative estimate of drug-likeness (QED) is 0.454. The molecule has 0 aliphatic carbocycles. The number of ether oxygens (including phenoxy) is 1. The van der Waals surface area contributed by atoms with Crippen molar-refractivity contribution < 1.29 is 24.2 Å². The van der Waals surface area contributed by atoms with Gasteiger partial charge in [0.05, 0.1) is 12.9 Å². The molecule has 182 valence electrons. The Morgan fingerprint density at radius 2 is 1.91 bits per heavy atom. The molecule has 1 saturated heterocycles. The third-order valence-electron chi connectivity index (χ3n) is 6.63. The predicted octanol–water partition coefficient (Wildman–Crippen LogP) is 2.72. The Hall–Kier alpha value is -2.70. The van der Waals surface area contributed by atoms with E-state index in [0.29, 0.717) is 16.7 Å². The molecule has 3 N–H and O–H groups in total. The van der Waals surface area contributed by atoms with Gasteiger partial charge in [-0.15, -0.1) is 0 Å². The molecule has 1 aliphatic rings. The highest BCUT2D eigenvalue weighted by Crippen LogP contribution is 2.42. The van der Waals surface area contributed by atoms with Gasteiger partial charge >= 0.3 is 0 Å². The molecule has 1 aromatic carbocycles. The van der Waals surface area contributed by atoms with E-state index in [4.69, 9.17) is 9.16 Å². The summed E-state index contributed by atoms with van der Waals surface area (Å²) in [4.78, 5) is 25.6. The fraction of sp³-hybridized carbons (Fsp3) is 0.478. The molecule has 4 atom stereocenters. The second-order valence-electron chi connectivity index (χ2n) is 9.95. The van der Waals surface area contributed by atoms with Crippen LogP contribution in [0.1, 0.15) is 37.4 Å². The molecule has 11 heteroatoms. The number of carbonyl (C=O) groups is 1.